The van der Waals surface area contributed by atoms with Crippen LogP contribution in [0.2, 0.25) is 0 Å². The Morgan fingerprint density at radius 2 is 2.07 bits per heavy atom. The largest absolute Gasteiger partial charge is 0.454 e. The highest BCUT2D eigenvalue weighted by Gasteiger charge is 2.20. The van der Waals surface area contributed by atoms with Gasteiger partial charge in [0.1, 0.15) is 6.33 Å². The highest BCUT2D eigenvalue weighted by atomic mass is 127. The Morgan fingerprint density at radius 3 is 2.87 bits per heavy atom. The van der Waals surface area contributed by atoms with Gasteiger partial charge in [0.2, 0.25) is 12.7 Å². The third-order valence-corrected chi connectivity index (χ3v) is 6.87. The molecule has 10 nitrogen and oxygen atoms in total. The third kappa shape index (κ3) is 4.39. The van der Waals surface area contributed by atoms with E-state index < -0.39 is 0 Å². The molecule has 3 aromatic rings. The summed E-state index contributed by atoms with van der Waals surface area (Å²) in [4.78, 5) is 25.3. The molecule has 0 atom stereocenters. The second kappa shape index (κ2) is 9.22. The topological polar surface area (TPSA) is 137 Å². The lowest BCUT2D eigenvalue weighted by Gasteiger charge is -2.10. The summed E-state index contributed by atoms with van der Waals surface area (Å²) in [5.41, 5.74) is 8.91. The number of unbranched alkanes of at least 4 members (excludes halogenated alkanes) is 2. The maximum absolute atomic E-state index is 11.2. The minimum absolute atomic E-state index is 0.221. The molecule has 4 rings (SSSR count). The number of amides is 1. The molecule has 1 aromatic carbocycles. The molecule has 0 unspecified atom stereocenters. The van der Waals surface area contributed by atoms with Crippen molar-refractivity contribution in [3.63, 3.8) is 0 Å². The monoisotopic (exact) mass is 542 g/mol. The molecule has 0 saturated heterocycles. The van der Waals surface area contributed by atoms with Crippen LogP contribution in [0.15, 0.2) is 28.5 Å². The van der Waals surface area contributed by atoms with E-state index in [-0.39, 0.29) is 19.1 Å². The third-order valence-electron chi connectivity index (χ3n) is 4.56. The first kappa shape index (κ1) is 20.9. The van der Waals surface area contributed by atoms with Gasteiger partial charge in [0.05, 0.1) is 0 Å². The minimum Gasteiger partial charge on any atom is -0.454 e. The Balaban J connectivity index is 1.57. The summed E-state index contributed by atoms with van der Waals surface area (Å²) in [6, 6.07) is 3.89. The molecular weight excluding hydrogens is 523 g/mol. The number of imidazole rings is 1. The van der Waals surface area contributed by atoms with Crippen molar-refractivity contribution < 1.29 is 19.5 Å². The van der Waals surface area contributed by atoms with Gasteiger partial charge in [0, 0.05) is 21.4 Å². The summed E-state index contributed by atoms with van der Waals surface area (Å²) < 4.78 is 14.0. The average molecular weight is 542 g/mol. The average Bonchev–Trinajstić information content (AvgIpc) is 3.33. The summed E-state index contributed by atoms with van der Waals surface area (Å²) in [6.07, 6.45) is 4.03. The molecule has 3 heterocycles. The summed E-state index contributed by atoms with van der Waals surface area (Å²) in [7, 11) is 0. The van der Waals surface area contributed by atoms with Crippen molar-refractivity contribution in [3.05, 3.63) is 22.0 Å². The van der Waals surface area contributed by atoms with Crippen LogP contribution in [-0.2, 0) is 11.3 Å². The van der Waals surface area contributed by atoms with Crippen molar-refractivity contribution in [2.24, 2.45) is 0 Å². The Hall–Kier alpha value is -2.32. The predicted molar refractivity (Wildman–Crippen MR) is 118 cm³/mol. The smallest absolute Gasteiger partial charge is 0.243 e. The van der Waals surface area contributed by atoms with E-state index in [1.54, 1.807) is 5.48 Å². The number of anilines is 1. The maximum Gasteiger partial charge on any atom is 0.243 e. The first-order valence-corrected chi connectivity index (χ1v) is 11.1. The number of halogens is 1. The van der Waals surface area contributed by atoms with Gasteiger partial charge in [-0.2, -0.15) is 0 Å². The van der Waals surface area contributed by atoms with E-state index in [2.05, 4.69) is 37.5 Å². The van der Waals surface area contributed by atoms with Gasteiger partial charge in [-0.3, -0.25) is 10.0 Å². The van der Waals surface area contributed by atoms with Crippen molar-refractivity contribution in [1.29, 1.82) is 0 Å². The Morgan fingerprint density at radius 1 is 1.27 bits per heavy atom. The number of nitrogens with two attached hydrogens (primary N) is 1. The standard InChI is InChI=1S/C18H19IN6O4S/c19-10-6-11-12(29-9-28-11)7-13(10)30-18-23-15-16(20)21-8-22-17(15)25(18)5-3-1-2-4-14(26)24-27/h6-8,27H,1-5,9H2,(H,24,26)(H2,20,21,22). The second-order valence-electron chi connectivity index (χ2n) is 6.56. The van der Waals surface area contributed by atoms with Crippen LogP contribution >= 0.6 is 34.4 Å². The molecule has 0 fully saturated rings. The number of benzene rings is 1. The van der Waals surface area contributed by atoms with E-state index >= 15 is 0 Å². The molecule has 0 radical (unpaired) electrons. The molecule has 12 heteroatoms. The van der Waals surface area contributed by atoms with Crippen LogP contribution in [0.1, 0.15) is 25.7 Å². The van der Waals surface area contributed by atoms with E-state index in [1.807, 2.05) is 16.7 Å². The number of hydrogen-bond acceptors (Lipinski definition) is 9. The normalized spacial score (nSPS) is 12.5. The number of hydroxylamine groups is 1. The van der Waals surface area contributed by atoms with E-state index in [9.17, 15) is 4.79 Å². The van der Waals surface area contributed by atoms with Crippen LogP contribution in [0.25, 0.3) is 11.2 Å². The first-order chi connectivity index (χ1) is 14.6. The number of carbonyl (C=O) groups excluding carboxylic acids is 1. The van der Waals surface area contributed by atoms with Crippen LogP contribution in [0, 0.1) is 3.57 Å². The van der Waals surface area contributed by atoms with Gasteiger partial charge in [-0.15, -0.1) is 0 Å². The summed E-state index contributed by atoms with van der Waals surface area (Å²) in [5, 5.41) is 9.34. The zero-order valence-electron chi connectivity index (χ0n) is 15.8. The quantitative estimate of drug-likeness (QED) is 0.170. The maximum atomic E-state index is 11.2. The molecule has 0 saturated carbocycles. The lowest BCUT2D eigenvalue weighted by molar-refractivity contribution is -0.129. The molecule has 1 amide bonds. The number of fused-ring (bicyclic) bond motifs is 2. The number of aryl methyl sites for hydroxylation is 1. The van der Waals surface area contributed by atoms with E-state index in [0.29, 0.717) is 35.7 Å². The molecule has 30 heavy (non-hydrogen) atoms. The highest BCUT2D eigenvalue weighted by Crippen LogP contribution is 2.41. The fourth-order valence-corrected chi connectivity index (χ4v) is 4.79. The van der Waals surface area contributed by atoms with Crippen LogP contribution in [0.4, 0.5) is 5.82 Å². The molecule has 158 valence electrons. The number of carbonyl (C=O) groups is 1. The molecule has 0 bridgehead atoms. The lowest BCUT2D eigenvalue weighted by atomic mass is 10.2. The number of rotatable bonds is 8. The van der Waals surface area contributed by atoms with Gasteiger partial charge < -0.3 is 19.8 Å². The number of nitrogen functional groups attached to an aromatic ring is 1. The molecule has 0 aliphatic carbocycles. The summed E-state index contributed by atoms with van der Waals surface area (Å²) >= 11 is 3.76. The Kier molecular flexibility index (Phi) is 6.43. The molecule has 2 aromatic heterocycles. The van der Waals surface area contributed by atoms with Crippen molar-refractivity contribution in [2.75, 3.05) is 12.5 Å². The van der Waals surface area contributed by atoms with Gasteiger partial charge in [0.25, 0.3) is 0 Å². The highest BCUT2D eigenvalue weighted by molar-refractivity contribution is 14.1. The van der Waals surface area contributed by atoms with E-state index in [0.717, 1.165) is 32.2 Å². The summed E-state index contributed by atoms with van der Waals surface area (Å²) in [6.45, 7) is 0.885. The second-order valence-corrected chi connectivity index (χ2v) is 8.73. The fraction of sp³-hybridized carbons (Fsp3) is 0.333. The zero-order chi connectivity index (χ0) is 21.1. The molecular formula is C18H19IN6O4S. The fourth-order valence-electron chi connectivity index (χ4n) is 3.08. The van der Waals surface area contributed by atoms with Gasteiger partial charge in [-0.05, 0) is 47.6 Å². The van der Waals surface area contributed by atoms with Gasteiger partial charge >= 0.3 is 0 Å². The molecule has 1 aliphatic rings. The number of hydrogen-bond donors (Lipinski definition) is 3. The van der Waals surface area contributed by atoms with Crippen molar-refractivity contribution in [3.8, 4) is 11.5 Å². The van der Waals surface area contributed by atoms with Crippen LogP contribution in [0.3, 0.4) is 0 Å². The van der Waals surface area contributed by atoms with E-state index in [1.165, 1.54) is 18.1 Å². The van der Waals surface area contributed by atoms with Crippen molar-refractivity contribution in [2.45, 2.75) is 42.3 Å². The number of aromatic nitrogens is 4. The number of ether oxygens (including phenoxy) is 2. The van der Waals surface area contributed by atoms with Crippen LogP contribution in [-0.4, -0.2) is 37.4 Å². The van der Waals surface area contributed by atoms with E-state index in [4.69, 9.17) is 20.4 Å². The summed E-state index contributed by atoms with van der Waals surface area (Å²) in [5.74, 6) is 1.40. The molecule has 4 N–H and O–H groups in total. The first-order valence-electron chi connectivity index (χ1n) is 9.23. The van der Waals surface area contributed by atoms with Crippen molar-refractivity contribution >= 4 is 57.2 Å². The van der Waals surface area contributed by atoms with Crippen LogP contribution in [0.5, 0.6) is 11.5 Å². The van der Waals surface area contributed by atoms with Crippen molar-refractivity contribution in [1.82, 2.24) is 25.0 Å². The SMILES string of the molecule is Nc1ncnc2c1nc(Sc1cc3c(cc1I)OCO3)n2CCCCCC(=O)NO. The lowest BCUT2D eigenvalue weighted by Crippen LogP contribution is -2.17. The van der Waals surface area contributed by atoms with Crippen LogP contribution < -0.4 is 20.7 Å². The number of nitrogens with zero attached hydrogens (tertiary/aromatic N) is 4. The molecule has 1 aliphatic heterocycles. The van der Waals surface area contributed by atoms with Gasteiger partial charge in [0.15, 0.2) is 33.6 Å². The Labute approximate surface area is 189 Å². The van der Waals surface area contributed by atoms with Gasteiger partial charge in [-0.25, -0.2) is 20.4 Å². The van der Waals surface area contributed by atoms with Gasteiger partial charge in [-0.1, -0.05) is 18.2 Å². The molecule has 0 spiro atoms. The predicted octanol–water partition coefficient (Wildman–Crippen LogP) is 2.96. The zero-order valence-corrected chi connectivity index (χ0v) is 18.8. The Bertz CT molecular complexity index is 1090. The number of nitrogens with one attached hydrogen (secondary N) is 1. The minimum atomic E-state index is -0.378.